The van der Waals surface area contributed by atoms with Crippen molar-refractivity contribution in [1.82, 2.24) is 4.90 Å². The van der Waals surface area contributed by atoms with Crippen molar-refractivity contribution < 1.29 is 18.6 Å². The molecule has 3 aliphatic rings. The fourth-order valence-electron chi connectivity index (χ4n) is 3.62. The predicted molar refractivity (Wildman–Crippen MR) is 109 cm³/mol. The van der Waals surface area contributed by atoms with Gasteiger partial charge in [0.2, 0.25) is 0 Å². The van der Waals surface area contributed by atoms with Crippen molar-refractivity contribution in [3.8, 4) is 5.75 Å². The summed E-state index contributed by atoms with van der Waals surface area (Å²) in [6, 6.07) is 14.8. The first kappa shape index (κ1) is 17.2. The Morgan fingerprint density at radius 3 is 2.82 bits per heavy atom. The second kappa shape index (κ2) is 6.32. The lowest BCUT2D eigenvalue weighted by Crippen LogP contribution is -2.36. The Balaban J connectivity index is 1.68. The summed E-state index contributed by atoms with van der Waals surface area (Å²) in [4.78, 5) is 17.5. The van der Waals surface area contributed by atoms with E-state index < -0.39 is 15.8 Å². The molecule has 141 valence electrons. The van der Waals surface area contributed by atoms with Gasteiger partial charge >= 0.3 is 5.17 Å². The highest BCUT2D eigenvalue weighted by Crippen LogP contribution is 2.63. The first-order chi connectivity index (χ1) is 13.5. The van der Waals surface area contributed by atoms with E-state index in [4.69, 9.17) is 4.74 Å². The molecule has 0 spiro atoms. The number of fused-ring (bicyclic) bond motifs is 2. The van der Waals surface area contributed by atoms with E-state index in [1.807, 2.05) is 42.6 Å². The molecule has 3 N–H and O–H groups in total. The minimum atomic E-state index is -3.26. The molecule has 0 bridgehead atoms. The number of ether oxygens (including phenoxy) is 1. The van der Waals surface area contributed by atoms with Gasteiger partial charge in [-0.3, -0.25) is 13.9 Å². The summed E-state index contributed by atoms with van der Waals surface area (Å²) in [7, 11) is -3.26. The number of carbonyl (C=O) groups excluding carboxylic acids is 1. The maximum absolute atomic E-state index is 11.7. The van der Waals surface area contributed by atoms with Crippen LogP contribution in [0.15, 0.2) is 72.1 Å². The molecule has 0 fully saturated rings. The molecule has 0 aliphatic carbocycles. The van der Waals surface area contributed by atoms with Gasteiger partial charge in [-0.05, 0) is 28.2 Å². The lowest BCUT2D eigenvalue weighted by atomic mass is 9.97. The van der Waals surface area contributed by atoms with Crippen LogP contribution in [0.2, 0.25) is 0 Å². The van der Waals surface area contributed by atoms with E-state index in [-0.39, 0.29) is 17.7 Å². The number of amidine groups is 1. The summed E-state index contributed by atoms with van der Waals surface area (Å²) >= 11 is 0. The Bertz CT molecular complexity index is 1060. The van der Waals surface area contributed by atoms with Gasteiger partial charge in [0.15, 0.2) is 19.0 Å². The summed E-state index contributed by atoms with van der Waals surface area (Å²) < 4.78 is 27.8. The third-order valence-corrected chi connectivity index (χ3v) is 6.88. The van der Waals surface area contributed by atoms with Crippen LogP contribution in [0.1, 0.15) is 16.4 Å². The van der Waals surface area contributed by atoms with Crippen LogP contribution in [0.4, 0.5) is 5.69 Å². The van der Waals surface area contributed by atoms with Gasteiger partial charge in [0.05, 0.1) is 11.9 Å². The number of benzene rings is 2. The Morgan fingerprint density at radius 1 is 1.18 bits per heavy atom. The van der Waals surface area contributed by atoms with Crippen LogP contribution in [0, 0.1) is 0 Å². The smallest absolute Gasteiger partial charge is 0.381 e. The highest BCUT2D eigenvalue weighted by Gasteiger charge is 2.50. The molecular formula is C20H17N3O4S+. The molecule has 8 heteroatoms. The van der Waals surface area contributed by atoms with Gasteiger partial charge in [-0.2, -0.15) is 4.99 Å². The predicted octanol–water partition coefficient (Wildman–Crippen LogP) is 3.84. The SMILES string of the molecule is O=C1COc2ccc(C3=C[N+]4C=CN=C4S(O)(O)C3c3ccccc3)cc2N1. The van der Waals surface area contributed by atoms with Crippen molar-refractivity contribution in [1.29, 1.82) is 0 Å². The largest absolute Gasteiger partial charge is 0.482 e. The van der Waals surface area contributed by atoms with Gasteiger partial charge in [0.25, 0.3) is 5.91 Å². The normalized spacial score (nSPS) is 23.6. The molecule has 1 atom stereocenters. The summed E-state index contributed by atoms with van der Waals surface area (Å²) in [5.74, 6) is 0.369. The second-order valence-corrected chi connectivity index (χ2v) is 8.66. The molecular weight excluding hydrogens is 378 g/mol. The molecule has 3 heterocycles. The molecule has 3 aliphatic heterocycles. The molecule has 28 heavy (non-hydrogen) atoms. The maximum Gasteiger partial charge on any atom is 0.381 e. The van der Waals surface area contributed by atoms with E-state index in [2.05, 4.69) is 10.3 Å². The Kier molecular flexibility index (Phi) is 3.88. The van der Waals surface area contributed by atoms with E-state index in [0.717, 1.165) is 16.7 Å². The van der Waals surface area contributed by atoms with Crippen LogP contribution >= 0.6 is 10.6 Å². The summed E-state index contributed by atoms with van der Waals surface area (Å²) in [5.41, 5.74) is 2.83. The minimum absolute atomic E-state index is 0.0133. The quantitative estimate of drug-likeness (QED) is 0.673. The van der Waals surface area contributed by atoms with Gasteiger partial charge in [-0.1, -0.05) is 47.0 Å². The van der Waals surface area contributed by atoms with Crippen molar-refractivity contribution in [3.63, 3.8) is 0 Å². The number of anilines is 1. The van der Waals surface area contributed by atoms with Gasteiger partial charge in [-0.25, -0.2) is 0 Å². The number of nitrogens with one attached hydrogen (secondary N) is 1. The van der Waals surface area contributed by atoms with Crippen molar-refractivity contribution in [2.45, 2.75) is 5.25 Å². The lowest BCUT2D eigenvalue weighted by Gasteiger charge is -2.40. The Labute approximate surface area is 163 Å². The average Bonchev–Trinajstić information content (AvgIpc) is 3.17. The Morgan fingerprint density at radius 2 is 2.00 bits per heavy atom. The van der Waals surface area contributed by atoms with Crippen molar-refractivity contribution in [2.75, 3.05) is 11.9 Å². The van der Waals surface area contributed by atoms with E-state index in [1.54, 1.807) is 29.4 Å². The molecule has 2 aromatic carbocycles. The zero-order chi connectivity index (χ0) is 19.3. The summed E-state index contributed by atoms with van der Waals surface area (Å²) in [6.45, 7) is -0.0133. The first-order valence-electron chi connectivity index (χ1n) is 8.68. The van der Waals surface area contributed by atoms with Crippen LogP contribution in [0.25, 0.3) is 5.57 Å². The van der Waals surface area contributed by atoms with Crippen molar-refractivity contribution in [3.05, 3.63) is 78.3 Å². The average molecular weight is 395 g/mol. The molecule has 7 nitrogen and oxygen atoms in total. The van der Waals surface area contributed by atoms with Crippen LogP contribution in [-0.4, -0.2) is 26.8 Å². The van der Waals surface area contributed by atoms with E-state index in [1.165, 1.54) is 0 Å². The van der Waals surface area contributed by atoms with Gasteiger partial charge in [0, 0.05) is 5.57 Å². The third-order valence-electron chi connectivity index (χ3n) is 4.84. The standard InChI is InChI=1S/C20H17N3O4S/c24-18-12-27-17-7-6-14(10-16(17)22-18)15-11-23-9-8-21-20(23)28(25,26)19(15)13-4-2-1-3-5-13/h1-11,19,25-26H,12H2,(H,22,24)/q+1. The number of carbonyl (C=O) groups is 1. The maximum atomic E-state index is 11.7. The second-order valence-electron chi connectivity index (χ2n) is 6.63. The molecule has 0 aromatic heterocycles. The van der Waals surface area contributed by atoms with E-state index >= 15 is 0 Å². The summed E-state index contributed by atoms with van der Waals surface area (Å²) in [6.07, 6.45) is 5.09. The van der Waals surface area contributed by atoms with Crippen LogP contribution in [-0.2, 0) is 4.79 Å². The highest BCUT2D eigenvalue weighted by molar-refractivity contribution is 8.37. The fraction of sp³-hybridized carbons (Fsp3) is 0.100. The molecule has 5 rings (SSSR count). The van der Waals surface area contributed by atoms with Gasteiger partial charge < -0.3 is 10.1 Å². The Hall–Kier alpha value is -2.91. The number of nitrogens with zero attached hydrogens (tertiary/aromatic N) is 2. The molecule has 1 unspecified atom stereocenters. The molecule has 1 radical (unpaired) electrons. The zero-order valence-electron chi connectivity index (χ0n) is 14.6. The molecule has 0 saturated carbocycles. The number of rotatable bonds is 2. The summed E-state index contributed by atoms with van der Waals surface area (Å²) in [5, 5.41) is 2.36. The molecule has 1 amide bonds. The van der Waals surface area contributed by atoms with Crippen LogP contribution in [0.5, 0.6) is 5.75 Å². The van der Waals surface area contributed by atoms with Gasteiger partial charge in [-0.15, -0.1) is 0 Å². The number of hydrogen-bond acceptors (Lipinski definition) is 6. The molecule has 0 saturated heterocycles. The lowest BCUT2D eigenvalue weighted by molar-refractivity contribution is -0.118. The zero-order valence-corrected chi connectivity index (χ0v) is 15.5. The monoisotopic (exact) mass is 395 g/mol. The number of aliphatic imine (C=N–C) groups is 1. The van der Waals surface area contributed by atoms with Crippen molar-refractivity contribution in [2.24, 2.45) is 4.99 Å². The minimum Gasteiger partial charge on any atom is -0.482 e. The fourth-order valence-corrected chi connectivity index (χ4v) is 5.55. The molecule has 2 aromatic rings. The topological polar surface area (TPSA) is 97.1 Å². The number of amides is 1. The van der Waals surface area contributed by atoms with E-state index in [9.17, 15) is 13.9 Å². The third kappa shape index (κ3) is 2.66. The first-order valence-corrected chi connectivity index (χ1v) is 10.3. The van der Waals surface area contributed by atoms with E-state index in [0.29, 0.717) is 11.4 Å². The number of hydrogen-bond donors (Lipinski definition) is 3. The van der Waals surface area contributed by atoms with Gasteiger partial charge in [0.1, 0.15) is 11.0 Å². The highest BCUT2D eigenvalue weighted by atomic mass is 32.3. The van der Waals surface area contributed by atoms with Crippen LogP contribution in [0.3, 0.4) is 0 Å². The van der Waals surface area contributed by atoms with Crippen LogP contribution < -0.4 is 15.0 Å². The van der Waals surface area contributed by atoms with Crippen molar-refractivity contribution >= 4 is 32.9 Å².